The summed E-state index contributed by atoms with van der Waals surface area (Å²) in [6.07, 6.45) is 2.75. The molecule has 3 nitrogen and oxygen atoms in total. The molecule has 0 amide bonds. The fourth-order valence-electron chi connectivity index (χ4n) is 1.58. The van der Waals surface area contributed by atoms with Gasteiger partial charge in [0.05, 0.1) is 11.9 Å². The molecule has 0 aromatic heterocycles. The molecule has 2 N–H and O–H groups in total. The predicted octanol–water partition coefficient (Wildman–Crippen LogP) is 3.48. The van der Waals surface area contributed by atoms with Gasteiger partial charge in [0.15, 0.2) is 0 Å². The molecule has 1 fully saturated rings. The van der Waals surface area contributed by atoms with E-state index in [0.29, 0.717) is 0 Å². The second-order valence-corrected chi connectivity index (χ2v) is 5.81. The van der Waals surface area contributed by atoms with Gasteiger partial charge in [0.25, 0.3) is 0 Å². The Morgan fingerprint density at radius 2 is 1.73 bits per heavy atom. The first-order valence-corrected chi connectivity index (χ1v) is 7.36. The van der Waals surface area contributed by atoms with E-state index in [9.17, 15) is 8.78 Å². The Morgan fingerprint density at radius 3 is 1.91 bits per heavy atom. The van der Waals surface area contributed by atoms with E-state index in [4.69, 9.17) is 4.74 Å². The molecule has 126 valence electrons. The Kier molecular flexibility index (Phi) is 10.4. The highest BCUT2D eigenvalue weighted by Gasteiger charge is 2.09. The molecular formula is C17H28F2N2O. The Hall–Kier alpha value is -1.46. The molecule has 1 heterocycles. The molecule has 5 heteroatoms. The summed E-state index contributed by atoms with van der Waals surface area (Å²) < 4.78 is 28.8. The van der Waals surface area contributed by atoms with Crippen LogP contribution in [0, 0.1) is 11.6 Å². The summed E-state index contributed by atoms with van der Waals surface area (Å²) in [6.45, 7) is 11.7. The lowest BCUT2D eigenvalue weighted by Gasteiger charge is -2.16. The minimum atomic E-state index is -0.411. The number of halogens is 2. The summed E-state index contributed by atoms with van der Waals surface area (Å²) in [6, 6.07) is 5.05. The Morgan fingerprint density at radius 1 is 1.23 bits per heavy atom. The first kappa shape index (κ1) is 20.5. The van der Waals surface area contributed by atoms with Gasteiger partial charge >= 0.3 is 0 Å². The molecule has 0 unspecified atom stereocenters. The molecule has 1 aliphatic rings. The van der Waals surface area contributed by atoms with Crippen LogP contribution in [0.2, 0.25) is 0 Å². The third-order valence-corrected chi connectivity index (χ3v) is 2.71. The average molecular weight is 314 g/mol. The third-order valence-electron chi connectivity index (χ3n) is 2.71. The Bertz CT molecular complexity index is 375. The maximum Gasteiger partial charge on any atom is 0.123 e. The molecule has 0 bridgehead atoms. The monoisotopic (exact) mass is 314 g/mol. The normalized spacial score (nSPS) is 16.7. The summed E-state index contributed by atoms with van der Waals surface area (Å²) in [5.74, 6) is -0.821. The highest BCUT2D eigenvalue weighted by molar-refractivity contribution is 5.04. The van der Waals surface area contributed by atoms with Crippen LogP contribution in [0.15, 0.2) is 37.1 Å². The third kappa shape index (κ3) is 12.3. The minimum absolute atomic E-state index is 0.0677. The Balaban J connectivity index is 0.000000302. The van der Waals surface area contributed by atoms with E-state index in [1.165, 1.54) is 19.2 Å². The maximum atomic E-state index is 11.9. The van der Waals surface area contributed by atoms with Crippen molar-refractivity contribution in [2.75, 3.05) is 20.1 Å². The van der Waals surface area contributed by atoms with E-state index in [1.54, 1.807) is 0 Å². The quantitative estimate of drug-likeness (QED) is 0.820. The van der Waals surface area contributed by atoms with Crippen molar-refractivity contribution in [3.63, 3.8) is 0 Å². The van der Waals surface area contributed by atoms with Crippen molar-refractivity contribution in [2.24, 2.45) is 0 Å². The number of hydrogen-bond acceptors (Lipinski definition) is 3. The zero-order chi connectivity index (χ0) is 17.0. The Labute approximate surface area is 132 Å². The molecule has 1 aliphatic heterocycles. The lowest BCUT2D eigenvalue weighted by atomic mass is 10.2. The molecule has 22 heavy (non-hydrogen) atoms. The van der Waals surface area contributed by atoms with Crippen LogP contribution in [-0.4, -0.2) is 31.8 Å². The minimum Gasteiger partial charge on any atom is -0.496 e. The number of hydrogen-bond donors (Lipinski definition) is 2. The largest absolute Gasteiger partial charge is 0.496 e. The molecule has 0 saturated carbocycles. The fourth-order valence-corrected chi connectivity index (χ4v) is 1.58. The number of likely N-dealkylation sites (N-methyl/N-ethyl adjacent to an activating group) is 1. The van der Waals surface area contributed by atoms with Crippen LogP contribution < -0.4 is 10.6 Å². The first-order chi connectivity index (χ1) is 10.3. The van der Waals surface area contributed by atoms with Crippen molar-refractivity contribution in [3.05, 3.63) is 48.7 Å². The lowest BCUT2D eigenvalue weighted by molar-refractivity contribution is 0.0775. The molecule has 0 spiro atoms. The molecule has 1 aromatic carbocycles. The molecule has 0 radical (unpaired) electrons. The van der Waals surface area contributed by atoms with Gasteiger partial charge in [-0.2, -0.15) is 0 Å². The standard InChI is InChI=1S/C6H4F2.C6H12O.C5H12N2/c7-5-1-2-6(8)4-3-5;1-5-7-6(2,3)4;1-6-5-2-3-7-4-5/h1-4H;5H,1H2,2-4H3;5-7H,2-4H2,1H3/t;;5-/m..1/s1. The number of benzene rings is 1. The van der Waals surface area contributed by atoms with Gasteiger partial charge in [-0.25, -0.2) is 8.78 Å². The van der Waals surface area contributed by atoms with Crippen LogP contribution in [0.3, 0.4) is 0 Å². The molecule has 0 aliphatic carbocycles. The van der Waals surface area contributed by atoms with Gasteiger partial charge in [0.1, 0.15) is 11.6 Å². The summed E-state index contributed by atoms with van der Waals surface area (Å²) in [5, 5.41) is 6.46. The van der Waals surface area contributed by atoms with Crippen molar-refractivity contribution in [1.29, 1.82) is 0 Å². The van der Waals surface area contributed by atoms with Crippen molar-refractivity contribution in [1.82, 2.24) is 10.6 Å². The summed E-state index contributed by atoms with van der Waals surface area (Å²) in [5.41, 5.74) is -0.0677. The van der Waals surface area contributed by atoms with Gasteiger partial charge in [0, 0.05) is 12.6 Å². The summed E-state index contributed by atoms with van der Waals surface area (Å²) in [7, 11) is 2.01. The lowest BCUT2D eigenvalue weighted by Crippen LogP contribution is -2.26. The van der Waals surface area contributed by atoms with E-state index in [-0.39, 0.29) is 5.60 Å². The molecule has 1 atom stereocenters. The van der Waals surface area contributed by atoms with Crippen LogP contribution in [-0.2, 0) is 4.74 Å². The number of nitrogens with one attached hydrogen (secondary N) is 2. The van der Waals surface area contributed by atoms with Crippen LogP contribution in [0.4, 0.5) is 8.78 Å². The number of rotatable bonds is 2. The van der Waals surface area contributed by atoms with Gasteiger partial charge < -0.3 is 15.4 Å². The molecule has 1 aromatic rings. The van der Waals surface area contributed by atoms with Crippen LogP contribution in [0.25, 0.3) is 0 Å². The van der Waals surface area contributed by atoms with E-state index in [2.05, 4.69) is 17.2 Å². The van der Waals surface area contributed by atoms with Crippen LogP contribution >= 0.6 is 0 Å². The summed E-state index contributed by atoms with van der Waals surface area (Å²) in [4.78, 5) is 0. The van der Waals surface area contributed by atoms with E-state index in [1.807, 2.05) is 27.8 Å². The van der Waals surface area contributed by atoms with Crippen molar-refractivity contribution < 1.29 is 13.5 Å². The van der Waals surface area contributed by atoms with Gasteiger partial charge in [0.2, 0.25) is 0 Å². The van der Waals surface area contributed by atoms with Gasteiger partial charge in [-0.05, 0) is 65.0 Å². The highest BCUT2D eigenvalue weighted by atomic mass is 19.1. The zero-order valence-electron chi connectivity index (χ0n) is 14.0. The van der Waals surface area contributed by atoms with E-state index >= 15 is 0 Å². The first-order valence-electron chi connectivity index (χ1n) is 7.36. The number of ether oxygens (including phenoxy) is 1. The van der Waals surface area contributed by atoms with Crippen molar-refractivity contribution in [3.8, 4) is 0 Å². The fraction of sp³-hybridized carbons (Fsp3) is 0.529. The molecular weight excluding hydrogens is 286 g/mol. The smallest absolute Gasteiger partial charge is 0.123 e. The maximum absolute atomic E-state index is 11.9. The summed E-state index contributed by atoms with van der Waals surface area (Å²) >= 11 is 0. The second kappa shape index (κ2) is 11.2. The topological polar surface area (TPSA) is 33.3 Å². The van der Waals surface area contributed by atoms with Crippen molar-refractivity contribution in [2.45, 2.75) is 38.8 Å². The molecule has 1 saturated heterocycles. The SMILES string of the molecule is C=COC(C)(C)C.CN[C@@H]1CCNC1.Fc1ccc(F)cc1. The van der Waals surface area contributed by atoms with Gasteiger partial charge in [-0.3, -0.25) is 0 Å². The van der Waals surface area contributed by atoms with E-state index < -0.39 is 11.6 Å². The second-order valence-electron chi connectivity index (χ2n) is 5.81. The van der Waals surface area contributed by atoms with E-state index in [0.717, 1.165) is 36.9 Å². The predicted molar refractivity (Wildman–Crippen MR) is 87.7 cm³/mol. The zero-order valence-corrected chi connectivity index (χ0v) is 14.0. The average Bonchev–Trinajstić information content (AvgIpc) is 2.95. The van der Waals surface area contributed by atoms with Crippen LogP contribution in [0.5, 0.6) is 0 Å². The van der Waals surface area contributed by atoms with Crippen molar-refractivity contribution >= 4 is 0 Å². The molecule has 2 rings (SSSR count). The van der Waals surface area contributed by atoms with Gasteiger partial charge in [-0.15, -0.1) is 0 Å². The van der Waals surface area contributed by atoms with Gasteiger partial charge in [-0.1, -0.05) is 6.58 Å². The van der Waals surface area contributed by atoms with Crippen LogP contribution in [0.1, 0.15) is 27.2 Å². The highest BCUT2D eigenvalue weighted by Crippen LogP contribution is 2.05.